The van der Waals surface area contributed by atoms with E-state index in [1.165, 1.54) is 12.1 Å². The minimum Gasteiger partial charge on any atom is -0.357 e. The summed E-state index contributed by atoms with van der Waals surface area (Å²) in [5.41, 5.74) is 0.781. The molecule has 21 heavy (non-hydrogen) atoms. The molecule has 0 aromatic heterocycles. The molecule has 0 bridgehead atoms. The molecule has 1 aliphatic rings. The summed E-state index contributed by atoms with van der Waals surface area (Å²) in [6, 6.07) is 4.25. The first-order valence-corrected chi connectivity index (χ1v) is 7.18. The monoisotopic (exact) mass is 304 g/mol. The fourth-order valence-electron chi connectivity index (χ4n) is 2.44. The van der Waals surface area contributed by atoms with Gasteiger partial charge in [-0.3, -0.25) is 0 Å². The lowest BCUT2D eigenvalue weighted by Gasteiger charge is -2.27. The van der Waals surface area contributed by atoms with Gasteiger partial charge < -0.3 is 10.2 Å². The first-order valence-electron chi connectivity index (χ1n) is 7.18. The van der Waals surface area contributed by atoms with E-state index in [0.29, 0.717) is 12.8 Å². The molecular formula is C15H20F4N2. The standard InChI is InChI=1S/C15H20F4N2/c1-3-20-10(2)11-4-7-14(13(16)8-11)21(12-5-6-12)9-15(17,18)19/h4,7-8,10,12,20H,3,5-6,9H2,1-2H3. The van der Waals surface area contributed by atoms with Crippen molar-refractivity contribution in [3.05, 3.63) is 29.6 Å². The molecule has 1 N–H and O–H groups in total. The second-order valence-corrected chi connectivity index (χ2v) is 5.46. The zero-order valence-corrected chi connectivity index (χ0v) is 12.2. The van der Waals surface area contributed by atoms with Crippen molar-refractivity contribution in [1.29, 1.82) is 0 Å². The molecule has 1 saturated carbocycles. The molecule has 2 rings (SSSR count). The number of hydrogen-bond donors (Lipinski definition) is 1. The molecule has 2 nitrogen and oxygen atoms in total. The van der Waals surface area contributed by atoms with Crippen LogP contribution in [-0.4, -0.2) is 25.3 Å². The molecule has 1 aromatic rings. The summed E-state index contributed by atoms with van der Waals surface area (Å²) in [6.07, 6.45) is -2.96. The van der Waals surface area contributed by atoms with Crippen LogP contribution in [0.4, 0.5) is 23.2 Å². The number of nitrogens with zero attached hydrogens (tertiary/aromatic N) is 1. The zero-order chi connectivity index (χ0) is 15.6. The Morgan fingerprint density at radius 2 is 2.00 bits per heavy atom. The van der Waals surface area contributed by atoms with Gasteiger partial charge in [0.2, 0.25) is 0 Å². The average molecular weight is 304 g/mol. The quantitative estimate of drug-likeness (QED) is 0.798. The molecule has 118 valence electrons. The summed E-state index contributed by atoms with van der Waals surface area (Å²) in [5.74, 6) is -0.589. The third-order valence-corrected chi connectivity index (χ3v) is 3.63. The number of benzene rings is 1. The van der Waals surface area contributed by atoms with Crippen molar-refractivity contribution >= 4 is 5.69 Å². The fourth-order valence-corrected chi connectivity index (χ4v) is 2.44. The van der Waals surface area contributed by atoms with Gasteiger partial charge in [-0.05, 0) is 44.0 Å². The van der Waals surface area contributed by atoms with Crippen LogP contribution >= 0.6 is 0 Å². The van der Waals surface area contributed by atoms with Gasteiger partial charge in [0.1, 0.15) is 12.4 Å². The minimum atomic E-state index is -4.33. The summed E-state index contributed by atoms with van der Waals surface area (Å²) >= 11 is 0. The second-order valence-electron chi connectivity index (χ2n) is 5.46. The smallest absolute Gasteiger partial charge is 0.357 e. The minimum absolute atomic E-state index is 0.0319. The van der Waals surface area contributed by atoms with Gasteiger partial charge in [0, 0.05) is 12.1 Å². The van der Waals surface area contributed by atoms with E-state index >= 15 is 0 Å². The van der Waals surface area contributed by atoms with Gasteiger partial charge in [0.25, 0.3) is 0 Å². The van der Waals surface area contributed by atoms with E-state index in [-0.39, 0.29) is 17.8 Å². The SMILES string of the molecule is CCNC(C)c1ccc(N(CC(F)(F)F)C2CC2)c(F)c1. The molecule has 0 radical (unpaired) electrons. The average Bonchev–Trinajstić information content (AvgIpc) is 3.19. The van der Waals surface area contributed by atoms with Crippen molar-refractivity contribution in [2.45, 2.75) is 44.9 Å². The highest BCUT2D eigenvalue weighted by atomic mass is 19.4. The maximum Gasteiger partial charge on any atom is 0.405 e. The van der Waals surface area contributed by atoms with Crippen LogP contribution in [0, 0.1) is 5.82 Å². The highest BCUT2D eigenvalue weighted by Gasteiger charge is 2.39. The number of nitrogens with one attached hydrogen (secondary N) is 1. The van der Waals surface area contributed by atoms with Crippen LogP contribution in [-0.2, 0) is 0 Å². The lowest BCUT2D eigenvalue weighted by molar-refractivity contribution is -0.120. The third-order valence-electron chi connectivity index (χ3n) is 3.63. The summed E-state index contributed by atoms with van der Waals surface area (Å²) in [7, 11) is 0. The van der Waals surface area contributed by atoms with Crippen LogP contribution in [0.5, 0.6) is 0 Å². The van der Waals surface area contributed by atoms with Gasteiger partial charge in [0.05, 0.1) is 5.69 Å². The fraction of sp³-hybridized carbons (Fsp3) is 0.600. The van der Waals surface area contributed by atoms with Gasteiger partial charge in [0.15, 0.2) is 0 Å². The Balaban J connectivity index is 2.21. The lowest BCUT2D eigenvalue weighted by atomic mass is 10.1. The predicted molar refractivity (Wildman–Crippen MR) is 74.9 cm³/mol. The Morgan fingerprint density at radius 3 is 2.48 bits per heavy atom. The Bertz CT molecular complexity index is 483. The number of halogens is 4. The molecule has 0 amide bonds. The number of anilines is 1. The van der Waals surface area contributed by atoms with Crippen molar-refractivity contribution in [3.8, 4) is 0 Å². The van der Waals surface area contributed by atoms with E-state index in [1.807, 2.05) is 13.8 Å². The predicted octanol–water partition coefficient (Wildman–Crippen LogP) is 4.03. The number of rotatable bonds is 6. The Morgan fingerprint density at radius 1 is 1.33 bits per heavy atom. The number of alkyl halides is 3. The van der Waals surface area contributed by atoms with E-state index in [9.17, 15) is 17.6 Å². The van der Waals surface area contributed by atoms with E-state index in [2.05, 4.69) is 5.32 Å². The zero-order valence-electron chi connectivity index (χ0n) is 12.2. The summed E-state index contributed by atoms with van der Waals surface area (Å²) in [5, 5.41) is 3.15. The molecule has 1 aromatic carbocycles. The van der Waals surface area contributed by atoms with Gasteiger partial charge >= 0.3 is 6.18 Å². The summed E-state index contributed by atoms with van der Waals surface area (Å²) < 4.78 is 52.2. The summed E-state index contributed by atoms with van der Waals surface area (Å²) in [4.78, 5) is 1.14. The molecule has 1 unspecified atom stereocenters. The van der Waals surface area contributed by atoms with E-state index < -0.39 is 18.5 Å². The molecule has 1 aliphatic carbocycles. The van der Waals surface area contributed by atoms with Gasteiger partial charge in [-0.1, -0.05) is 13.0 Å². The van der Waals surface area contributed by atoms with Crippen LogP contribution in [0.3, 0.4) is 0 Å². The van der Waals surface area contributed by atoms with E-state index in [4.69, 9.17) is 0 Å². The Labute approximate surface area is 122 Å². The van der Waals surface area contributed by atoms with E-state index in [0.717, 1.165) is 17.0 Å². The molecule has 0 saturated heterocycles. The molecule has 0 heterocycles. The van der Waals surface area contributed by atoms with Crippen LogP contribution in [0.25, 0.3) is 0 Å². The first-order chi connectivity index (χ1) is 9.81. The maximum atomic E-state index is 14.2. The highest BCUT2D eigenvalue weighted by molar-refractivity contribution is 5.51. The second kappa shape index (κ2) is 6.22. The molecular weight excluding hydrogens is 284 g/mol. The first kappa shape index (κ1) is 16.1. The molecule has 0 aliphatic heterocycles. The lowest BCUT2D eigenvalue weighted by Crippen LogP contribution is -2.36. The maximum absolute atomic E-state index is 14.2. The normalized spacial score (nSPS) is 16.9. The molecule has 1 atom stereocenters. The summed E-state index contributed by atoms with van der Waals surface area (Å²) in [6.45, 7) is 3.48. The Kier molecular flexibility index (Phi) is 4.76. The van der Waals surface area contributed by atoms with Crippen molar-refractivity contribution in [1.82, 2.24) is 5.32 Å². The molecule has 1 fully saturated rings. The van der Waals surface area contributed by atoms with Gasteiger partial charge in [-0.15, -0.1) is 0 Å². The van der Waals surface area contributed by atoms with Crippen LogP contribution in [0.1, 0.15) is 38.3 Å². The van der Waals surface area contributed by atoms with Crippen LogP contribution in [0.15, 0.2) is 18.2 Å². The van der Waals surface area contributed by atoms with Crippen LogP contribution in [0.2, 0.25) is 0 Å². The van der Waals surface area contributed by atoms with Gasteiger partial charge in [-0.2, -0.15) is 13.2 Å². The largest absolute Gasteiger partial charge is 0.405 e. The van der Waals surface area contributed by atoms with Gasteiger partial charge in [-0.25, -0.2) is 4.39 Å². The van der Waals surface area contributed by atoms with E-state index in [1.54, 1.807) is 6.07 Å². The molecule has 0 spiro atoms. The topological polar surface area (TPSA) is 15.3 Å². The Hall–Kier alpha value is -1.30. The van der Waals surface area contributed by atoms with Crippen molar-refractivity contribution < 1.29 is 17.6 Å². The van der Waals surface area contributed by atoms with Crippen LogP contribution < -0.4 is 10.2 Å². The number of hydrogen-bond acceptors (Lipinski definition) is 2. The van der Waals surface area contributed by atoms with Crippen molar-refractivity contribution in [3.63, 3.8) is 0 Å². The molecule has 6 heteroatoms. The van der Waals surface area contributed by atoms with Crippen molar-refractivity contribution in [2.24, 2.45) is 0 Å². The van der Waals surface area contributed by atoms with Crippen molar-refractivity contribution in [2.75, 3.05) is 18.0 Å². The third kappa shape index (κ3) is 4.33. The highest BCUT2D eigenvalue weighted by Crippen LogP contribution is 2.36.